The van der Waals surface area contributed by atoms with E-state index in [2.05, 4.69) is 20.9 Å². The molecule has 0 bridgehead atoms. The second-order valence-corrected chi connectivity index (χ2v) is 6.56. The summed E-state index contributed by atoms with van der Waals surface area (Å²) in [6, 6.07) is 8.16. The molecule has 0 saturated carbocycles. The van der Waals surface area contributed by atoms with Gasteiger partial charge in [-0.15, -0.1) is 0 Å². The van der Waals surface area contributed by atoms with Gasteiger partial charge in [0.2, 0.25) is 11.8 Å². The van der Waals surface area contributed by atoms with Gasteiger partial charge in [-0.25, -0.2) is 0 Å². The van der Waals surface area contributed by atoms with Crippen LogP contribution in [0.5, 0.6) is 0 Å². The van der Waals surface area contributed by atoms with E-state index >= 15 is 0 Å². The van der Waals surface area contributed by atoms with Crippen LogP contribution < -0.4 is 16.0 Å². The Bertz CT molecular complexity index is 539. The van der Waals surface area contributed by atoms with Crippen LogP contribution in [0.3, 0.4) is 0 Å². The third-order valence-corrected chi connectivity index (χ3v) is 4.39. The SMILES string of the molecule is Cc1ccc(CCC(=O)NCC(=O)NCCCN2CCNCC2)cc1. The summed E-state index contributed by atoms with van der Waals surface area (Å²) in [4.78, 5) is 26.0. The maximum atomic E-state index is 11.8. The Balaban J connectivity index is 1.50. The number of amides is 2. The number of benzene rings is 1. The molecule has 0 aromatic heterocycles. The molecule has 6 nitrogen and oxygen atoms in total. The maximum Gasteiger partial charge on any atom is 0.239 e. The molecule has 1 aromatic carbocycles. The second-order valence-electron chi connectivity index (χ2n) is 6.56. The van der Waals surface area contributed by atoms with Gasteiger partial charge in [-0.2, -0.15) is 0 Å². The summed E-state index contributed by atoms with van der Waals surface area (Å²) in [7, 11) is 0. The number of hydrogen-bond donors (Lipinski definition) is 3. The molecule has 0 spiro atoms. The molecule has 0 aliphatic carbocycles. The Hall–Kier alpha value is -1.92. The van der Waals surface area contributed by atoms with E-state index in [0.29, 0.717) is 19.4 Å². The van der Waals surface area contributed by atoms with Crippen molar-refractivity contribution in [3.63, 3.8) is 0 Å². The molecule has 1 fully saturated rings. The number of hydrogen-bond acceptors (Lipinski definition) is 4. The van der Waals surface area contributed by atoms with Gasteiger partial charge in [0.25, 0.3) is 0 Å². The average molecular weight is 346 g/mol. The Morgan fingerprint density at radius 1 is 1.08 bits per heavy atom. The fourth-order valence-corrected chi connectivity index (χ4v) is 2.81. The largest absolute Gasteiger partial charge is 0.355 e. The third kappa shape index (κ3) is 8.14. The zero-order valence-corrected chi connectivity index (χ0v) is 15.1. The van der Waals surface area contributed by atoms with Crippen molar-refractivity contribution in [1.29, 1.82) is 0 Å². The van der Waals surface area contributed by atoms with Crippen LogP contribution in [0.1, 0.15) is 24.0 Å². The molecule has 0 unspecified atom stereocenters. The van der Waals surface area contributed by atoms with E-state index in [4.69, 9.17) is 0 Å². The Labute approximate surface area is 150 Å². The van der Waals surface area contributed by atoms with E-state index < -0.39 is 0 Å². The van der Waals surface area contributed by atoms with E-state index in [1.165, 1.54) is 5.56 Å². The monoisotopic (exact) mass is 346 g/mol. The molecule has 1 heterocycles. The lowest BCUT2D eigenvalue weighted by Gasteiger charge is -2.27. The first-order valence-corrected chi connectivity index (χ1v) is 9.15. The molecule has 25 heavy (non-hydrogen) atoms. The molecule has 2 rings (SSSR count). The van der Waals surface area contributed by atoms with Gasteiger partial charge >= 0.3 is 0 Å². The normalized spacial score (nSPS) is 14.9. The first-order valence-electron chi connectivity index (χ1n) is 9.15. The number of rotatable bonds is 9. The number of carbonyl (C=O) groups excluding carboxylic acids is 2. The van der Waals surface area contributed by atoms with Crippen LogP contribution in [-0.2, 0) is 16.0 Å². The van der Waals surface area contributed by atoms with Crippen LogP contribution in [0, 0.1) is 6.92 Å². The van der Waals surface area contributed by atoms with Crippen molar-refractivity contribution in [2.24, 2.45) is 0 Å². The summed E-state index contributed by atoms with van der Waals surface area (Å²) < 4.78 is 0. The van der Waals surface area contributed by atoms with Gasteiger partial charge in [0.1, 0.15) is 0 Å². The topological polar surface area (TPSA) is 73.5 Å². The standard InChI is InChI=1S/C19H30N4O2/c1-16-3-5-17(6-4-16)7-8-18(24)22-15-19(25)21-9-2-12-23-13-10-20-11-14-23/h3-6,20H,2,7-15H2,1H3,(H,21,25)(H,22,24). The number of nitrogens with one attached hydrogen (secondary N) is 3. The van der Waals surface area contributed by atoms with Gasteiger partial charge in [0.15, 0.2) is 0 Å². The summed E-state index contributed by atoms with van der Waals surface area (Å²) in [5.41, 5.74) is 2.35. The minimum Gasteiger partial charge on any atom is -0.355 e. The predicted octanol–water partition coefficient (Wildman–Crippen LogP) is 0.455. The summed E-state index contributed by atoms with van der Waals surface area (Å²) in [6.07, 6.45) is 2.03. The second kappa shape index (κ2) is 10.8. The smallest absolute Gasteiger partial charge is 0.239 e. The van der Waals surface area contributed by atoms with Crippen molar-refractivity contribution in [3.05, 3.63) is 35.4 Å². The van der Waals surface area contributed by atoms with E-state index in [9.17, 15) is 9.59 Å². The first kappa shape index (κ1) is 19.4. The van der Waals surface area contributed by atoms with Crippen LogP contribution in [0.2, 0.25) is 0 Å². The van der Waals surface area contributed by atoms with Gasteiger partial charge in [-0.1, -0.05) is 29.8 Å². The summed E-state index contributed by atoms with van der Waals surface area (Å²) in [5.74, 6) is -0.208. The van der Waals surface area contributed by atoms with Crippen LogP contribution in [0.25, 0.3) is 0 Å². The lowest BCUT2D eigenvalue weighted by molar-refractivity contribution is -0.126. The van der Waals surface area contributed by atoms with Gasteiger partial charge in [0, 0.05) is 39.1 Å². The van der Waals surface area contributed by atoms with E-state index in [1.807, 2.05) is 31.2 Å². The Morgan fingerprint density at radius 3 is 2.52 bits per heavy atom. The molecular weight excluding hydrogens is 316 g/mol. The van der Waals surface area contributed by atoms with Crippen molar-refractivity contribution in [1.82, 2.24) is 20.9 Å². The van der Waals surface area contributed by atoms with Crippen molar-refractivity contribution >= 4 is 11.8 Å². The molecule has 1 aliphatic heterocycles. The van der Waals surface area contributed by atoms with E-state index in [-0.39, 0.29) is 18.4 Å². The lowest BCUT2D eigenvalue weighted by atomic mass is 10.1. The number of aryl methyl sites for hydroxylation is 2. The maximum absolute atomic E-state index is 11.8. The van der Waals surface area contributed by atoms with Gasteiger partial charge in [-0.05, 0) is 31.9 Å². The third-order valence-electron chi connectivity index (χ3n) is 4.39. The van der Waals surface area contributed by atoms with Crippen molar-refractivity contribution < 1.29 is 9.59 Å². The minimum atomic E-state index is -0.121. The molecular formula is C19H30N4O2. The predicted molar refractivity (Wildman–Crippen MR) is 99.4 cm³/mol. The fraction of sp³-hybridized carbons (Fsp3) is 0.579. The molecule has 0 radical (unpaired) electrons. The molecule has 2 amide bonds. The van der Waals surface area contributed by atoms with Crippen LogP contribution >= 0.6 is 0 Å². The zero-order valence-electron chi connectivity index (χ0n) is 15.1. The van der Waals surface area contributed by atoms with Crippen LogP contribution in [0.15, 0.2) is 24.3 Å². The number of piperazine rings is 1. The highest BCUT2D eigenvalue weighted by molar-refractivity contribution is 5.84. The van der Waals surface area contributed by atoms with Gasteiger partial charge in [0.05, 0.1) is 6.54 Å². The highest BCUT2D eigenvalue weighted by Crippen LogP contribution is 2.05. The van der Waals surface area contributed by atoms with E-state index in [1.54, 1.807) is 0 Å². The Kier molecular flexibility index (Phi) is 8.42. The fourth-order valence-electron chi connectivity index (χ4n) is 2.81. The highest BCUT2D eigenvalue weighted by Gasteiger charge is 2.09. The first-order chi connectivity index (χ1) is 12.1. The minimum absolute atomic E-state index is 0.0559. The van der Waals surface area contributed by atoms with Crippen LogP contribution in [-0.4, -0.2) is 62.5 Å². The molecule has 1 aliphatic rings. The summed E-state index contributed by atoms with van der Waals surface area (Å²) in [6.45, 7) is 7.99. The lowest BCUT2D eigenvalue weighted by Crippen LogP contribution is -2.44. The number of carbonyl (C=O) groups is 2. The van der Waals surface area contributed by atoms with Crippen molar-refractivity contribution in [2.45, 2.75) is 26.2 Å². The molecule has 138 valence electrons. The summed E-state index contributed by atoms with van der Waals surface area (Å²) >= 11 is 0. The van der Waals surface area contributed by atoms with Crippen molar-refractivity contribution in [2.75, 3.05) is 45.8 Å². The molecule has 1 aromatic rings. The highest BCUT2D eigenvalue weighted by atomic mass is 16.2. The average Bonchev–Trinajstić information content (AvgIpc) is 2.64. The summed E-state index contributed by atoms with van der Waals surface area (Å²) in [5, 5.41) is 8.87. The molecule has 6 heteroatoms. The zero-order chi connectivity index (χ0) is 17.9. The van der Waals surface area contributed by atoms with Gasteiger partial charge in [-0.3, -0.25) is 9.59 Å². The quantitative estimate of drug-likeness (QED) is 0.568. The molecule has 3 N–H and O–H groups in total. The Morgan fingerprint density at radius 2 is 1.80 bits per heavy atom. The molecule has 0 atom stereocenters. The number of nitrogens with zero attached hydrogens (tertiary/aromatic N) is 1. The molecule has 1 saturated heterocycles. The van der Waals surface area contributed by atoms with Crippen LogP contribution in [0.4, 0.5) is 0 Å². The van der Waals surface area contributed by atoms with Crippen molar-refractivity contribution in [3.8, 4) is 0 Å². The van der Waals surface area contributed by atoms with Gasteiger partial charge < -0.3 is 20.9 Å². The van der Waals surface area contributed by atoms with E-state index in [0.717, 1.165) is 44.7 Å².